The molecule has 148 valence electrons. The quantitative estimate of drug-likeness (QED) is 0.407. The van der Waals surface area contributed by atoms with Crippen molar-refractivity contribution in [1.29, 1.82) is 0 Å². The summed E-state index contributed by atoms with van der Waals surface area (Å²) >= 11 is 0. The van der Waals surface area contributed by atoms with Crippen LogP contribution in [0.4, 0.5) is 0 Å². The lowest BCUT2D eigenvalue weighted by Gasteiger charge is -2.33. The smallest absolute Gasteiger partial charge is 0.309 e. The number of carbonyl (C=O) groups excluding carboxylic acids is 2. The Balaban J connectivity index is 1.77. The fraction of sp³-hybridized carbons (Fsp3) is 0.842. The van der Waals surface area contributed by atoms with E-state index in [2.05, 4.69) is 20.5 Å². The van der Waals surface area contributed by atoms with E-state index in [1.165, 1.54) is 12.8 Å². The van der Waals surface area contributed by atoms with Crippen LogP contribution < -0.4 is 10.6 Å². The third-order valence-corrected chi connectivity index (χ3v) is 5.07. The predicted octanol–water partition coefficient (Wildman–Crippen LogP) is 1.68. The molecular weight excluding hydrogens is 332 g/mol. The highest BCUT2D eigenvalue weighted by atomic mass is 16.5. The average Bonchev–Trinajstić information content (AvgIpc) is 3.14. The van der Waals surface area contributed by atoms with Crippen LogP contribution in [0.5, 0.6) is 0 Å². The number of hydrogen-bond donors (Lipinski definition) is 2. The van der Waals surface area contributed by atoms with Gasteiger partial charge in [0.05, 0.1) is 19.1 Å². The van der Waals surface area contributed by atoms with Crippen molar-refractivity contribution in [2.45, 2.75) is 64.8 Å². The molecule has 2 rings (SSSR count). The highest BCUT2D eigenvalue weighted by Gasteiger charge is 2.27. The molecule has 7 nitrogen and oxygen atoms in total. The van der Waals surface area contributed by atoms with E-state index in [9.17, 15) is 9.59 Å². The molecule has 7 heteroatoms. The number of nitrogens with zero attached hydrogens (tertiary/aromatic N) is 2. The molecule has 0 aromatic heterocycles. The van der Waals surface area contributed by atoms with Gasteiger partial charge >= 0.3 is 5.97 Å². The summed E-state index contributed by atoms with van der Waals surface area (Å²) in [6, 6.07) is 0.363. The molecule has 1 saturated carbocycles. The zero-order chi connectivity index (χ0) is 18.8. The van der Waals surface area contributed by atoms with Crippen molar-refractivity contribution in [1.82, 2.24) is 15.5 Å². The lowest BCUT2D eigenvalue weighted by Crippen LogP contribution is -2.47. The molecule has 1 aliphatic heterocycles. The van der Waals surface area contributed by atoms with Crippen LogP contribution >= 0.6 is 0 Å². The second-order valence-electron chi connectivity index (χ2n) is 7.05. The highest BCUT2D eigenvalue weighted by Crippen LogP contribution is 2.19. The topological polar surface area (TPSA) is 83.0 Å². The fourth-order valence-corrected chi connectivity index (χ4v) is 3.65. The monoisotopic (exact) mass is 366 g/mol. The Kier molecular flexibility index (Phi) is 8.71. The maximum atomic E-state index is 12.0. The van der Waals surface area contributed by atoms with Crippen molar-refractivity contribution in [3.8, 4) is 0 Å². The molecule has 0 radical (unpaired) electrons. The molecular formula is C19H34N4O3. The van der Waals surface area contributed by atoms with Crippen LogP contribution in [0, 0.1) is 5.92 Å². The fourth-order valence-electron chi connectivity index (χ4n) is 3.65. The van der Waals surface area contributed by atoms with Crippen molar-refractivity contribution in [2.75, 3.05) is 32.8 Å². The molecule has 0 unspecified atom stereocenters. The van der Waals surface area contributed by atoms with Crippen molar-refractivity contribution in [2.24, 2.45) is 10.9 Å². The Morgan fingerprint density at radius 1 is 1.12 bits per heavy atom. The summed E-state index contributed by atoms with van der Waals surface area (Å²) in [5.41, 5.74) is 0. The number of carbonyl (C=O) groups is 2. The van der Waals surface area contributed by atoms with Crippen molar-refractivity contribution >= 4 is 17.8 Å². The number of ether oxygens (including phenoxy) is 1. The van der Waals surface area contributed by atoms with Gasteiger partial charge < -0.3 is 20.3 Å². The van der Waals surface area contributed by atoms with Gasteiger partial charge in [-0.3, -0.25) is 14.6 Å². The highest BCUT2D eigenvalue weighted by molar-refractivity contribution is 5.81. The molecule has 0 bridgehead atoms. The van der Waals surface area contributed by atoms with E-state index < -0.39 is 0 Å². The van der Waals surface area contributed by atoms with Crippen LogP contribution in [0.25, 0.3) is 0 Å². The summed E-state index contributed by atoms with van der Waals surface area (Å²) < 4.78 is 5.12. The van der Waals surface area contributed by atoms with Gasteiger partial charge in [-0.1, -0.05) is 12.8 Å². The second-order valence-corrected chi connectivity index (χ2v) is 7.05. The number of likely N-dealkylation sites (tertiary alicyclic amines) is 1. The maximum Gasteiger partial charge on any atom is 0.309 e. The van der Waals surface area contributed by atoms with Gasteiger partial charge in [-0.15, -0.1) is 0 Å². The lowest BCUT2D eigenvalue weighted by molar-refractivity contribution is -0.149. The van der Waals surface area contributed by atoms with Crippen molar-refractivity contribution < 1.29 is 14.3 Å². The molecule has 2 N–H and O–H groups in total. The summed E-state index contributed by atoms with van der Waals surface area (Å²) in [4.78, 5) is 30.7. The van der Waals surface area contributed by atoms with Gasteiger partial charge in [0.2, 0.25) is 5.91 Å². The SMILES string of the molecule is CCNC(=NCCC(=O)NC1CCCC1)N1CCC(C(=O)OCC)CC1. The average molecular weight is 367 g/mol. The summed E-state index contributed by atoms with van der Waals surface area (Å²) in [6.45, 7) is 7.14. The predicted molar refractivity (Wildman–Crippen MR) is 102 cm³/mol. The Morgan fingerprint density at radius 2 is 1.81 bits per heavy atom. The Morgan fingerprint density at radius 3 is 2.42 bits per heavy atom. The molecule has 1 amide bonds. The minimum absolute atomic E-state index is 0.00809. The van der Waals surface area contributed by atoms with Crippen LogP contribution in [0.3, 0.4) is 0 Å². The first-order chi connectivity index (χ1) is 12.6. The standard InChI is InChI=1S/C19H34N4O3/c1-3-20-19(21-12-9-17(24)22-16-7-5-6-8-16)23-13-10-15(11-14-23)18(25)26-4-2/h15-16H,3-14H2,1-2H3,(H,20,21)(H,22,24). The van der Waals surface area contributed by atoms with Crippen LogP contribution in [-0.4, -0.2) is 61.6 Å². The summed E-state index contributed by atoms with van der Waals surface area (Å²) in [5, 5.41) is 6.40. The van der Waals surface area contributed by atoms with E-state index >= 15 is 0 Å². The lowest BCUT2D eigenvalue weighted by atomic mass is 9.97. The number of aliphatic imine (C=N–C) groups is 1. The van der Waals surface area contributed by atoms with Gasteiger partial charge in [0.25, 0.3) is 0 Å². The van der Waals surface area contributed by atoms with E-state index in [-0.39, 0.29) is 17.8 Å². The summed E-state index contributed by atoms with van der Waals surface area (Å²) in [7, 11) is 0. The molecule has 0 aromatic carbocycles. The van der Waals surface area contributed by atoms with Crippen LogP contribution in [-0.2, 0) is 14.3 Å². The van der Waals surface area contributed by atoms with Gasteiger partial charge in [-0.2, -0.15) is 0 Å². The zero-order valence-electron chi connectivity index (χ0n) is 16.3. The number of hydrogen-bond acceptors (Lipinski definition) is 4. The van der Waals surface area contributed by atoms with Crippen LogP contribution in [0.1, 0.15) is 58.8 Å². The molecule has 2 aliphatic rings. The van der Waals surface area contributed by atoms with E-state index in [1.54, 1.807) is 0 Å². The number of rotatable bonds is 7. The number of guanidine groups is 1. The number of piperidine rings is 1. The first-order valence-electron chi connectivity index (χ1n) is 10.1. The molecule has 0 atom stereocenters. The van der Waals surface area contributed by atoms with Gasteiger partial charge in [-0.25, -0.2) is 0 Å². The number of amides is 1. The van der Waals surface area contributed by atoms with E-state index in [4.69, 9.17) is 4.74 Å². The van der Waals surface area contributed by atoms with E-state index in [1.807, 2.05) is 13.8 Å². The second kappa shape index (κ2) is 11.0. The van der Waals surface area contributed by atoms with Crippen LogP contribution in [0.15, 0.2) is 4.99 Å². The summed E-state index contributed by atoms with van der Waals surface area (Å²) in [6.07, 6.45) is 6.63. The van der Waals surface area contributed by atoms with Gasteiger partial charge in [0.1, 0.15) is 0 Å². The first-order valence-corrected chi connectivity index (χ1v) is 10.1. The van der Waals surface area contributed by atoms with E-state index in [0.29, 0.717) is 25.6 Å². The van der Waals surface area contributed by atoms with Gasteiger partial charge in [-0.05, 0) is 39.5 Å². The number of nitrogens with one attached hydrogen (secondary N) is 2. The molecule has 26 heavy (non-hydrogen) atoms. The normalized spacial score (nSPS) is 19.5. The van der Waals surface area contributed by atoms with E-state index in [0.717, 1.165) is 51.3 Å². The molecule has 0 spiro atoms. The van der Waals surface area contributed by atoms with Crippen molar-refractivity contribution in [3.63, 3.8) is 0 Å². The minimum Gasteiger partial charge on any atom is -0.466 e. The number of esters is 1. The third kappa shape index (κ3) is 6.50. The Hall–Kier alpha value is -1.79. The summed E-state index contributed by atoms with van der Waals surface area (Å²) in [5.74, 6) is 0.838. The Labute approximate surface area is 156 Å². The van der Waals surface area contributed by atoms with Gasteiger partial charge in [0, 0.05) is 32.1 Å². The third-order valence-electron chi connectivity index (χ3n) is 5.07. The van der Waals surface area contributed by atoms with Crippen LogP contribution in [0.2, 0.25) is 0 Å². The zero-order valence-corrected chi connectivity index (χ0v) is 16.3. The maximum absolute atomic E-state index is 12.0. The molecule has 0 aromatic rings. The Bertz CT molecular complexity index is 481. The molecule has 1 aliphatic carbocycles. The molecule has 1 heterocycles. The molecule has 1 saturated heterocycles. The van der Waals surface area contributed by atoms with Gasteiger partial charge in [0.15, 0.2) is 5.96 Å². The largest absolute Gasteiger partial charge is 0.466 e. The first kappa shape index (κ1) is 20.5. The minimum atomic E-state index is -0.0855. The van der Waals surface area contributed by atoms with Crippen molar-refractivity contribution in [3.05, 3.63) is 0 Å². The molecule has 2 fully saturated rings.